The van der Waals surface area contributed by atoms with E-state index in [0.29, 0.717) is 22.6 Å². The summed E-state index contributed by atoms with van der Waals surface area (Å²) in [7, 11) is 0. The van der Waals surface area contributed by atoms with Crippen molar-refractivity contribution in [2.75, 3.05) is 11.4 Å². The number of ether oxygens (including phenoxy) is 1. The fraction of sp³-hybridized carbons (Fsp3) is 0.429. The van der Waals surface area contributed by atoms with Gasteiger partial charge in [0, 0.05) is 29.7 Å². The summed E-state index contributed by atoms with van der Waals surface area (Å²) in [5, 5.41) is 4.19. The molecule has 2 aromatic rings. The summed E-state index contributed by atoms with van der Waals surface area (Å²) in [6.07, 6.45) is 6.48. The van der Waals surface area contributed by atoms with Crippen LogP contribution in [-0.4, -0.2) is 40.5 Å². The molecule has 30 heavy (non-hydrogen) atoms. The summed E-state index contributed by atoms with van der Waals surface area (Å²) in [5.41, 5.74) is 0.766. The van der Waals surface area contributed by atoms with E-state index in [1.807, 2.05) is 0 Å². The van der Waals surface area contributed by atoms with Gasteiger partial charge in [-0.2, -0.15) is 0 Å². The van der Waals surface area contributed by atoms with Crippen LogP contribution in [0.15, 0.2) is 36.7 Å². The molecule has 1 aromatic carbocycles. The van der Waals surface area contributed by atoms with Crippen LogP contribution in [0.2, 0.25) is 10.0 Å². The van der Waals surface area contributed by atoms with E-state index in [1.165, 1.54) is 12.4 Å². The van der Waals surface area contributed by atoms with Gasteiger partial charge < -0.3 is 15.0 Å². The molecule has 2 aliphatic rings. The molecule has 0 radical (unpaired) electrons. The molecule has 1 unspecified atom stereocenters. The van der Waals surface area contributed by atoms with E-state index in [9.17, 15) is 9.59 Å². The smallest absolute Gasteiger partial charge is 0.316 e. The number of nitrogens with one attached hydrogen (secondary N) is 1. The highest BCUT2D eigenvalue weighted by Gasteiger charge is 2.36. The lowest BCUT2D eigenvalue weighted by Crippen LogP contribution is -2.43. The van der Waals surface area contributed by atoms with Crippen molar-refractivity contribution in [1.29, 1.82) is 0 Å². The Hall–Kier alpha value is -2.38. The summed E-state index contributed by atoms with van der Waals surface area (Å²) >= 11 is 11.7. The number of hydrogen-bond donors (Lipinski definition) is 1. The second-order valence-corrected chi connectivity index (χ2v) is 8.54. The highest BCUT2D eigenvalue weighted by molar-refractivity contribution is 6.30. The van der Waals surface area contributed by atoms with Gasteiger partial charge in [-0.3, -0.25) is 9.59 Å². The molecule has 2 amide bonds. The van der Waals surface area contributed by atoms with Crippen molar-refractivity contribution < 1.29 is 14.3 Å². The van der Waals surface area contributed by atoms with Gasteiger partial charge in [-0.15, -0.1) is 0 Å². The van der Waals surface area contributed by atoms with Gasteiger partial charge in [0.25, 0.3) is 0 Å². The standard InChI is InChI=1S/C21H22Cl2N4O3/c22-14-1-5-17(6-2-14)27-12-13(9-19(27)28)20(29)26-16-3-7-18(8-4-16)30-21-24-10-15(23)11-25-21/h1-2,5-6,10-11,13,16,18H,3-4,7-9,12H2,(H,26,29). The maximum Gasteiger partial charge on any atom is 0.316 e. The SMILES string of the molecule is O=C(NC1CCC(Oc2ncc(Cl)cn2)CC1)C1CC(=O)N(c2ccc(Cl)cc2)C1. The number of halogens is 2. The molecule has 1 aliphatic heterocycles. The topological polar surface area (TPSA) is 84.4 Å². The predicted octanol–water partition coefficient (Wildman–Crippen LogP) is 3.64. The van der Waals surface area contributed by atoms with Crippen molar-refractivity contribution in [2.24, 2.45) is 5.92 Å². The largest absolute Gasteiger partial charge is 0.460 e. The second-order valence-electron chi connectivity index (χ2n) is 7.67. The fourth-order valence-corrected chi connectivity index (χ4v) is 4.13. The van der Waals surface area contributed by atoms with Crippen LogP contribution in [0.4, 0.5) is 5.69 Å². The molecule has 0 bridgehead atoms. The Labute approximate surface area is 184 Å². The predicted molar refractivity (Wildman–Crippen MR) is 114 cm³/mol. The van der Waals surface area contributed by atoms with E-state index >= 15 is 0 Å². The second kappa shape index (κ2) is 9.18. The Balaban J connectivity index is 1.25. The third-order valence-corrected chi connectivity index (χ3v) is 5.97. The van der Waals surface area contributed by atoms with Gasteiger partial charge in [0.1, 0.15) is 6.10 Å². The number of anilines is 1. The van der Waals surface area contributed by atoms with Gasteiger partial charge in [-0.05, 0) is 49.9 Å². The molecular weight excluding hydrogens is 427 g/mol. The van der Waals surface area contributed by atoms with Gasteiger partial charge >= 0.3 is 6.01 Å². The Morgan fingerprint density at radius 1 is 1.03 bits per heavy atom. The van der Waals surface area contributed by atoms with Crippen molar-refractivity contribution >= 4 is 40.7 Å². The van der Waals surface area contributed by atoms with Crippen LogP contribution in [-0.2, 0) is 9.59 Å². The zero-order valence-corrected chi connectivity index (χ0v) is 17.8. The van der Waals surface area contributed by atoms with Crippen molar-refractivity contribution in [3.05, 3.63) is 46.7 Å². The quantitative estimate of drug-likeness (QED) is 0.754. The monoisotopic (exact) mass is 448 g/mol. The van der Waals surface area contributed by atoms with Crippen LogP contribution < -0.4 is 15.0 Å². The maximum atomic E-state index is 12.7. The number of nitrogens with zero attached hydrogens (tertiary/aromatic N) is 3. The Morgan fingerprint density at radius 3 is 2.37 bits per heavy atom. The number of carbonyl (C=O) groups excluding carboxylic acids is 2. The first-order chi connectivity index (χ1) is 14.5. The average molecular weight is 449 g/mol. The lowest BCUT2D eigenvalue weighted by Gasteiger charge is -2.29. The molecule has 1 atom stereocenters. The van der Waals surface area contributed by atoms with Crippen LogP contribution in [0.3, 0.4) is 0 Å². The van der Waals surface area contributed by atoms with Gasteiger partial charge in [0.05, 0.1) is 23.3 Å². The first-order valence-corrected chi connectivity index (χ1v) is 10.7. The number of carbonyl (C=O) groups is 2. The van der Waals surface area contributed by atoms with Gasteiger partial charge in [-0.25, -0.2) is 9.97 Å². The van der Waals surface area contributed by atoms with Crippen LogP contribution >= 0.6 is 23.2 Å². The van der Waals surface area contributed by atoms with E-state index in [1.54, 1.807) is 29.2 Å². The minimum absolute atomic E-state index is 0.0211. The molecule has 9 heteroatoms. The number of benzene rings is 1. The highest BCUT2D eigenvalue weighted by Crippen LogP contribution is 2.28. The molecular formula is C21H22Cl2N4O3. The molecule has 7 nitrogen and oxygen atoms in total. The summed E-state index contributed by atoms with van der Waals surface area (Å²) < 4.78 is 5.79. The van der Waals surface area contributed by atoms with Crippen LogP contribution in [0, 0.1) is 5.92 Å². The number of aromatic nitrogens is 2. The molecule has 0 spiro atoms. The van der Waals surface area contributed by atoms with Crippen LogP contribution in [0.1, 0.15) is 32.1 Å². The molecule has 2 heterocycles. The zero-order chi connectivity index (χ0) is 21.1. The Kier molecular flexibility index (Phi) is 6.39. The number of rotatable bonds is 5. The van der Waals surface area contributed by atoms with Crippen molar-refractivity contribution in [3.63, 3.8) is 0 Å². The van der Waals surface area contributed by atoms with Crippen LogP contribution in [0.25, 0.3) is 0 Å². The molecule has 4 rings (SSSR count). The molecule has 1 aliphatic carbocycles. The number of hydrogen-bond acceptors (Lipinski definition) is 5. The fourth-order valence-electron chi connectivity index (χ4n) is 3.91. The summed E-state index contributed by atoms with van der Waals surface area (Å²) in [6, 6.07) is 7.49. The van der Waals surface area contributed by atoms with Crippen LogP contribution in [0.5, 0.6) is 6.01 Å². The third-order valence-electron chi connectivity index (χ3n) is 5.52. The first kappa shape index (κ1) is 20.9. The highest BCUT2D eigenvalue weighted by atomic mass is 35.5. The minimum atomic E-state index is -0.343. The molecule has 1 N–H and O–H groups in total. The lowest BCUT2D eigenvalue weighted by atomic mass is 9.92. The van der Waals surface area contributed by atoms with Gasteiger partial charge in [-0.1, -0.05) is 23.2 Å². The third kappa shape index (κ3) is 5.02. The summed E-state index contributed by atoms with van der Waals surface area (Å²) in [4.78, 5) is 34.9. The summed E-state index contributed by atoms with van der Waals surface area (Å²) in [5.74, 6) is -0.451. The minimum Gasteiger partial charge on any atom is -0.460 e. The Bertz CT molecular complexity index is 899. The number of amides is 2. The maximum absolute atomic E-state index is 12.7. The van der Waals surface area contributed by atoms with Gasteiger partial charge in [0.15, 0.2) is 0 Å². The van der Waals surface area contributed by atoms with E-state index in [4.69, 9.17) is 27.9 Å². The normalized spacial score (nSPS) is 24.0. The van der Waals surface area contributed by atoms with E-state index < -0.39 is 0 Å². The van der Waals surface area contributed by atoms with Crippen molar-refractivity contribution in [3.8, 4) is 6.01 Å². The van der Waals surface area contributed by atoms with E-state index in [2.05, 4.69) is 15.3 Å². The Morgan fingerprint density at radius 2 is 1.70 bits per heavy atom. The summed E-state index contributed by atoms with van der Waals surface area (Å²) in [6.45, 7) is 0.388. The average Bonchev–Trinajstić information content (AvgIpc) is 3.13. The molecule has 158 valence electrons. The molecule has 1 saturated carbocycles. The molecule has 1 saturated heterocycles. The zero-order valence-electron chi connectivity index (χ0n) is 16.3. The van der Waals surface area contributed by atoms with Gasteiger partial charge in [0.2, 0.25) is 11.8 Å². The lowest BCUT2D eigenvalue weighted by molar-refractivity contribution is -0.127. The first-order valence-electron chi connectivity index (χ1n) is 9.98. The molecule has 2 fully saturated rings. The molecule has 1 aromatic heterocycles. The van der Waals surface area contributed by atoms with E-state index in [-0.39, 0.29) is 36.3 Å². The van der Waals surface area contributed by atoms with Crippen molar-refractivity contribution in [2.45, 2.75) is 44.2 Å². The van der Waals surface area contributed by atoms with E-state index in [0.717, 1.165) is 31.4 Å². The van der Waals surface area contributed by atoms with Crippen molar-refractivity contribution in [1.82, 2.24) is 15.3 Å².